The second-order valence-electron chi connectivity index (χ2n) is 4.93. The fraction of sp³-hybridized carbons (Fsp3) is 0.533. The molecule has 92 valence electrons. The SMILES string of the molecule is O=Cc1ccc(CNC2CCCCCC2)cc1. The van der Waals surface area contributed by atoms with E-state index in [2.05, 4.69) is 5.32 Å². The van der Waals surface area contributed by atoms with Crippen LogP contribution in [0.15, 0.2) is 24.3 Å². The largest absolute Gasteiger partial charge is 0.310 e. The highest BCUT2D eigenvalue weighted by Crippen LogP contribution is 2.17. The number of rotatable bonds is 4. The van der Waals surface area contributed by atoms with Crippen LogP contribution in [0.3, 0.4) is 0 Å². The first kappa shape index (κ1) is 12.3. The summed E-state index contributed by atoms with van der Waals surface area (Å²) in [4.78, 5) is 10.5. The minimum atomic E-state index is 0.684. The van der Waals surface area contributed by atoms with Gasteiger partial charge in [-0.05, 0) is 18.4 Å². The van der Waals surface area contributed by atoms with Crippen LogP contribution in [0.1, 0.15) is 54.4 Å². The van der Waals surface area contributed by atoms with E-state index in [1.165, 1.54) is 44.1 Å². The van der Waals surface area contributed by atoms with Gasteiger partial charge in [0.1, 0.15) is 6.29 Å². The van der Waals surface area contributed by atoms with Gasteiger partial charge >= 0.3 is 0 Å². The fourth-order valence-corrected chi connectivity index (χ4v) is 2.46. The van der Waals surface area contributed by atoms with Gasteiger partial charge < -0.3 is 5.32 Å². The molecule has 0 bridgehead atoms. The monoisotopic (exact) mass is 231 g/mol. The number of carbonyl (C=O) groups excluding carboxylic acids is 1. The van der Waals surface area contributed by atoms with E-state index < -0.39 is 0 Å². The van der Waals surface area contributed by atoms with Crippen LogP contribution in [0.5, 0.6) is 0 Å². The number of nitrogens with one attached hydrogen (secondary N) is 1. The Kier molecular flexibility index (Phi) is 4.75. The zero-order valence-corrected chi connectivity index (χ0v) is 10.3. The topological polar surface area (TPSA) is 29.1 Å². The first-order valence-corrected chi connectivity index (χ1v) is 6.66. The molecule has 17 heavy (non-hydrogen) atoms. The van der Waals surface area contributed by atoms with Crippen molar-refractivity contribution < 1.29 is 4.79 Å². The molecule has 1 aliphatic carbocycles. The number of aldehydes is 1. The molecule has 2 nitrogen and oxygen atoms in total. The Hall–Kier alpha value is -1.15. The summed E-state index contributed by atoms with van der Waals surface area (Å²) in [5.74, 6) is 0. The van der Waals surface area contributed by atoms with Gasteiger partial charge in [0.25, 0.3) is 0 Å². The van der Waals surface area contributed by atoms with E-state index >= 15 is 0 Å². The third-order valence-corrected chi connectivity index (χ3v) is 3.57. The van der Waals surface area contributed by atoms with E-state index in [1.54, 1.807) is 0 Å². The molecule has 1 aromatic carbocycles. The Bertz CT molecular complexity index is 336. The third-order valence-electron chi connectivity index (χ3n) is 3.57. The van der Waals surface area contributed by atoms with Crippen molar-refractivity contribution in [1.82, 2.24) is 5.32 Å². The maximum atomic E-state index is 10.5. The Labute approximate surface area is 103 Å². The number of benzene rings is 1. The van der Waals surface area contributed by atoms with Gasteiger partial charge in [0, 0.05) is 18.2 Å². The summed E-state index contributed by atoms with van der Waals surface area (Å²) in [7, 11) is 0. The fourth-order valence-electron chi connectivity index (χ4n) is 2.46. The first-order chi connectivity index (χ1) is 8.38. The van der Waals surface area contributed by atoms with Crippen molar-refractivity contribution in [2.75, 3.05) is 0 Å². The molecule has 0 saturated heterocycles. The van der Waals surface area contributed by atoms with Crippen LogP contribution in [-0.2, 0) is 6.54 Å². The highest BCUT2D eigenvalue weighted by atomic mass is 16.1. The van der Waals surface area contributed by atoms with Gasteiger partial charge in [-0.2, -0.15) is 0 Å². The Morgan fingerprint density at radius 2 is 1.71 bits per heavy atom. The predicted octanol–water partition coefficient (Wildman–Crippen LogP) is 3.31. The van der Waals surface area contributed by atoms with Crippen molar-refractivity contribution in [1.29, 1.82) is 0 Å². The van der Waals surface area contributed by atoms with E-state index in [9.17, 15) is 4.79 Å². The minimum absolute atomic E-state index is 0.684. The summed E-state index contributed by atoms with van der Waals surface area (Å²) >= 11 is 0. The molecular formula is C15H21NO. The van der Waals surface area contributed by atoms with E-state index in [0.29, 0.717) is 6.04 Å². The van der Waals surface area contributed by atoms with Crippen molar-refractivity contribution >= 4 is 6.29 Å². The van der Waals surface area contributed by atoms with Gasteiger partial charge in [-0.3, -0.25) is 4.79 Å². The standard InChI is InChI=1S/C15H21NO/c17-12-14-9-7-13(8-10-14)11-16-15-5-3-1-2-4-6-15/h7-10,12,15-16H,1-6,11H2. The minimum Gasteiger partial charge on any atom is -0.310 e. The van der Waals surface area contributed by atoms with Gasteiger partial charge in [0.15, 0.2) is 0 Å². The molecule has 0 aromatic heterocycles. The summed E-state index contributed by atoms with van der Waals surface area (Å²) in [5, 5.41) is 3.63. The molecule has 0 aliphatic heterocycles. The van der Waals surface area contributed by atoms with Crippen LogP contribution in [-0.4, -0.2) is 12.3 Å². The Morgan fingerprint density at radius 3 is 2.29 bits per heavy atom. The van der Waals surface area contributed by atoms with E-state index in [-0.39, 0.29) is 0 Å². The van der Waals surface area contributed by atoms with Crippen molar-refractivity contribution in [2.45, 2.75) is 51.1 Å². The number of carbonyl (C=O) groups is 1. The second kappa shape index (κ2) is 6.55. The average Bonchev–Trinajstić information content (AvgIpc) is 2.65. The van der Waals surface area contributed by atoms with Gasteiger partial charge in [-0.25, -0.2) is 0 Å². The maximum Gasteiger partial charge on any atom is 0.150 e. The zero-order chi connectivity index (χ0) is 11.9. The quantitative estimate of drug-likeness (QED) is 0.636. The van der Waals surface area contributed by atoms with Gasteiger partial charge in [-0.1, -0.05) is 49.9 Å². The molecule has 1 aromatic rings. The lowest BCUT2D eigenvalue weighted by molar-refractivity contribution is 0.112. The molecule has 0 radical (unpaired) electrons. The summed E-state index contributed by atoms with van der Waals surface area (Å²) in [6, 6.07) is 8.53. The van der Waals surface area contributed by atoms with Crippen LogP contribution < -0.4 is 5.32 Å². The normalized spacial score (nSPS) is 17.6. The molecule has 0 atom stereocenters. The van der Waals surface area contributed by atoms with Crippen LogP contribution in [0.25, 0.3) is 0 Å². The summed E-state index contributed by atoms with van der Waals surface area (Å²) in [6.07, 6.45) is 9.03. The van der Waals surface area contributed by atoms with E-state index in [4.69, 9.17) is 0 Å². The predicted molar refractivity (Wildman–Crippen MR) is 70.2 cm³/mol. The molecular weight excluding hydrogens is 210 g/mol. The lowest BCUT2D eigenvalue weighted by atomic mass is 10.1. The summed E-state index contributed by atoms with van der Waals surface area (Å²) in [5.41, 5.74) is 2.02. The average molecular weight is 231 g/mol. The Balaban J connectivity index is 1.81. The highest BCUT2D eigenvalue weighted by molar-refractivity contribution is 5.74. The number of hydrogen-bond donors (Lipinski definition) is 1. The molecule has 0 amide bonds. The molecule has 1 N–H and O–H groups in total. The van der Waals surface area contributed by atoms with Crippen molar-refractivity contribution in [2.24, 2.45) is 0 Å². The van der Waals surface area contributed by atoms with Gasteiger partial charge in [0.05, 0.1) is 0 Å². The molecule has 1 aliphatic rings. The van der Waals surface area contributed by atoms with E-state index in [1.807, 2.05) is 24.3 Å². The van der Waals surface area contributed by atoms with Gasteiger partial charge in [0.2, 0.25) is 0 Å². The first-order valence-electron chi connectivity index (χ1n) is 6.66. The molecule has 1 fully saturated rings. The van der Waals surface area contributed by atoms with Crippen molar-refractivity contribution in [3.05, 3.63) is 35.4 Å². The van der Waals surface area contributed by atoms with Crippen molar-refractivity contribution in [3.63, 3.8) is 0 Å². The molecule has 2 heteroatoms. The second-order valence-corrected chi connectivity index (χ2v) is 4.93. The maximum absolute atomic E-state index is 10.5. The molecule has 0 heterocycles. The third kappa shape index (κ3) is 3.97. The van der Waals surface area contributed by atoms with Crippen LogP contribution in [0, 0.1) is 0 Å². The van der Waals surface area contributed by atoms with Crippen molar-refractivity contribution in [3.8, 4) is 0 Å². The molecule has 1 saturated carbocycles. The lowest BCUT2D eigenvalue weighted by Gasteiger charge is -2.16. The van der Waals surface area contributed by atoms with Crippen LogP contribution in [0.2, 0.25) is 0 Å². The molecule has 0 spiro atoms. The smallest absolute Gasteiger partial charge is 0.150 e. The summed E-state index contributed by atoms with van der Waals surface area (Å²) in [6.45, 7) is 0.920. The van der Waals surface area contributed by atoms with E-state index in [0.717, 1.165) is 18.4 Å². The van der Waals surface area contributed by atoms with Crippen LogP contribution >= 0.6 is 0 Å². The molecule has 2 rings (SSSR count). The van der Waals surface area contributed by atoms with Gasteiger partial charge in [-0.15, -0.1) is 0 Å². The lowest BCUT2D eigenvalue weighted by Crippen LogP contribution is -2.27. The zero-order valence-electron chi connectivity index (χ0n) is 10.3. The van der Waals surface area contributed by atoms with Crippen LogP contribution in [0.4, 0.5) is 0 Å². The molecule has 0 unspecified atom stereocenters. The summed E-state index contributed by atoms with van der Waals surface area (Å²) < 4.78 is 0. The number of hydrogen-bond acceptors (Lipinski definition) is 2. The Morgan fingerprint density at radius 1 is 1.06 bits per heavy atom. The highest BCUT2D eigenvalue weighted by Gasteiger charge is 2.10.